The van der Waals surface area contributed by atoms with E-state index >= 15 is 0 Å². The molecule has 6 nitrogen and oxygen atoms in total. The molecule has 140 valence electrons. The van der Waals surface area contributed by atoms with Crippen molar-refractivity contribution in [1.29, 1.82) is 0 Å². The number of aromatic nitrogens is 2. The number of piperidine rings is 1. The first-order valence-corrected chi connectivity index (χ1v) is 9.75. The lowest BCUT2D eigenvalue weighted by Gasteiger charge is -2.33. The van der Waals surface area contributed by atoms with Crippen molar-refractivity contribution < 1.29 is 15.1 Å². The Morgan fingerprint density at radius 1 is 1.23 bits per heavy atom. The van der Waals surface area contributed by atoms with Gasteiger partial charge < -0.3 is 15.2 Å². The standard InChI is InChI=1S/C19H25ClN4O2/c20-15-10-8-14(9-11-15)18-22-19(26-23-18)16-6-3-5-13-24(16)17(25)7-2-1-4-12-21/h8-11,16H,1-7,12-13,21H2/p+1/t16-/m0/s1. The summed E-state index contributed by atoms with van der Waals surface area (Å²) in [4.78, 5) is 19.1. The van der Waals surface area contributed by atoms with E-state index in [1.807, 2.05) is 17.0 Å². The largest absolute Gasteiger partial charge is 0.358 e. The van der Waals surface area contributed by atoms with Gasteiger partial charge in [0.25, 0.3) is 0 Å². The van der Waals surface area contributed by atoms with E-state index in [1.165, 1.54) is 0 Å². The molecule has 2 heterocycles. The molecule has 1 aliphatic heterocycles. The molecular formula is C19H26ClN4O2+. The Hall–Kier alpha value is -1.92. The molecule has 0 bridgehead atoms. The van der Waals surface area contributed by atoms with Gasteiger partial charge in [-0.1, -0.05) is 16.8 Å². The minimum atomic E-state index is -0.113. The van der Waals surface area contributed by atoms with E-state index < -0.39 is 0 Å². The molecule has 1 aromatic heterocycles. The van der Waals surface area contributed by atoms with Crippen LogP contribution >= 0.6 is 11.6 Å². The smallest absolute Gasteiger partial charge is 0.249 e. The van der Waals surface area contributed by atoms with E-state index in [9.17, 15) is 4.79 Å². The van der Waals surface area contributed by atoms with Crippen LogP contribution in [0.3, 0.4) is 0 Å². The van der Waals surface area contributed by atoms with Crippen LogP contribution in [-0.2, 0) is 4.79 Å². The number of hydrogen-bond donors (Lipinski definition) is 1. The number of halogens is 1. The summed E-state index contributed by atoms with van der Waals surface area (Å²) in [5, 5.41) is 4.76. The second-order valence-corrected chi connectivity index (χ2v) is 7.16. The second-order valence-electron chi connectivity index (χ2n) is 6.73. The quantitative estimate of drug-likeness (QED) is 0.750. The average Bonchev–Trinajstić information content (AvgIpc) is 3.16. The number of nitrogens with zero attached hydrogens (tertiary/aromatic N) is 3. The molecule has 1 aliphatic rings. The van der Waals surface area contributed by atoms with Gasteiger partial charge in [0, 0.05) is 23.6 Å². The number of benzene rings is 1. The van der Waals surface area contributed by atoms with Crippen LogP contribution in [0.4, 0.5) is 0 Å². The van der Waals surface area contributed by atoms with E-state index in [4.69, 9.17) is 16.1 Å². The summed E-state index contributed by atoms with van der Waals surface area (Å²) in [7, 11) is 0. The zero-order valence-corrected chi connectivity index (χ0v) is 15.7. The van der Waals surface area contributed by atoms with Crippen LogP contribution in [0, 0.1) is 0 Å². The zero-order chi connectivity index (χ0) is 18.4. The predicted molar refractivity (Wildman–Crippen MR) is 99.3 cm³/mol. The molecule has 0 saturated carbocycles. The van der Waals surface area contributed by atoms with Gasteiger partial charge in [-0.2, -0.15) is 4.98 Å². The molecule has 1 fully saturated rings. The van der Waals surface area contributed by atoms with Gasteiger partial charge in [0.2, 0.25) is 17.6 Å². The van der Waals surface area contributed by atoms with Crippen molar-refractivity contribution in [3.63, 3.8) is 0 Å². The van der Waals surface area contributed by atoms with Crippen LogP contribution < -0.4 is 5.73 Å². The van der Waals surface area contributed by atoms with Crippen LogP contribution in [0.5, 0.6) is 0 Å². The normalized spacial score (nSPS) is 17.5. The number of carbonyl (C=O) groups excluding carboxylic acids is 1. The van der Waals surface area contributed by atoms with E-state index in [2.05, 4.69) is 15.9 Å². The number of amides is 1. The summed E-state index contributed by atoms with van der Waals surface area (Å²) < 4.78 is 5.52. The summed E-state index contributed by atoms with van der Waals surface area (Å²) in [6.07, 6.45) is 6.58. The molecule has 0 spiro atoms. The highest BCUT2D eigenvalue weighted by Crippen LogP contribution is 2.32. The summed E-state index contributed by atoms with van der Waals surface area (Å²) >= 11 is 5.93. The summed E-state index contributed by atoms with van der Waals surface area (Å²) in [6.45, 7) is 1.69. The molecule has 0 radical (unpaired) electrons. The fourth-order valence-corrected chi connectivity index (χ4v) is 3.47. The lowest BCUT2D eigenvalue weighted by Crippen LogP contribution is -2.50. The van der Waals surface area contributed by atoms with Gasteiger partial charge in [-0.3, -0.25) is 4.79 Å². The fourth-order valence-electron chi connectivity index (χ4n) is 3.35. The van der Waals surface area contributed by atoms with Gasteiger partial charge in [0.05, 0.1) is 6.54 Å². The molecule has 2 aromatic rings. The van der Waals surface area contributed by atoms with Crippen LogP contribution in [-0.4, -0.2) is 34.0 Å². The average molecular weight is 378 g/mol. The third-order valence-electron chi connectivity index (χ3n) is 4.79. The molecule has 7 heteroatoms. The first kappa shape index (κ1) is 18.9. The van der Waals surface area contributed by atoms with Crippen molar-refractivity contribution in [3.05, 3.63) is 35.2 Å². The molecule has 0 aliphatic carbocycles. The third-order valence-corrected chi connectivity index (χ3v) is 5.04. The van der Waals surface area contributed by atoms with Crippen LogP contribution in [0.15, 0.2) is 28.8 Å². The Labute approximate surface area is 158 Å². The molecule has 0 unspecified atom stereocenters. The highest BCUT2D eigenvalue weighted by atomic mass is 35.5. The zero-order valence-electron chi connectivity index (χ0n) is 15.0. The van der Waals surface area contributed by atoms with Gasteiger partial charge in [-0.25, -0.2) is 0 Å². The van der Waals surface area contributed by atoms with Crippen LogP contribution in [0.1, 0.15) is 56.9 Å². The monoisotopic (exact) mass is 377 g/mol. The van der Waals surface area contributed by atoms with E-state index in [0.29, 0.717) is 23.2 Å². The molecule has 1 atom stereocenters. The number of rotatable bonds is 7. The highest BCUT2D eigenvalue weighted by Gasteiger charge is 2.31. The van der Waals surface area contributed by atoms with E-state index in [0.717, 1.165) is 57.2 Å². The maximum absolute atomic E-state index is 12.7. The minimum Gasteiger partial charge on any atom is -0.358 e. The van der Waals surface area contributed by atoms with Crippen molar-refractivity contribution >= 4 is 17.5 Å². The minimum absolute atomic E-state index is 0.113. The predicted octanol–water partition coefficient (Wildman–Crippen LogP) is 3.25. The first-order chi connectivity index (χ1) is 12.7. The van der Waals surface area contributed by atoms with Crippen molar-refractivity contribution in [2.45, 2.75) is 51.0 Å². The van der Waals surface area contributed by atoms with E-state index in [-0.39, 0.29) is 11.9 Å². The summed E-state index contributed by atoms with van der Waals surface area (Å²) in [5.74, 6) is 1.25. The van der Waals surface area contributed by atoms with Crippen molar-refractivity contribution in [2.75, 3.05) is 13.1 Å². The van der Waals surface area contributed by atoms with Crippen molar-refractivity contribution in [3.8, 4) is 11.4 Å². The highest BCUT2D eigenvalue weighted by molar-refractivity contribution is 6.30. The molecule has 1 amide bonds. The number of hydrogen-bond acceptors (Lipinski definition) is 4. The van der Waals surface area contributed by atoms with Crippen molar-refractivity contribution in [2.24, 2.45) is 0 Å². The van der Waals surface area contributed by atoms with Gasteiger partial charge >= 0.3 is 0 Å². The second kappa shape index (κ2) is 9.14. The first-order valence-electron chi connectivity index (χ1n) is 9.37. The number of quaternary nitrogens is 1. The van der Waals surface area contributed by atoms with Crippen molar-refractivity contribution in [1.82, 2.24) is 15.0 Å². The van der Waals surface area contributed by atoms with Gasteiger partial charge in [0.1, 0.15) is 6.04 Å². The molecule has 26 heavy (non-hydrogen) atoms. The summed E-state index contributed by atoms with van der Waals surface area (Å²) in [6, 6.07) is 7.22. The maximum Gasteiger partial charge on any atom is 0.249 e. The Kier molecular flexibility index (Phi) is 6.63. The summed E-state index contributed by atoms with van der Waals surface area (Å²) in [5.41, 5.74) is 4.70. The molecule has 3 N–H and O–H groups in total. The lowest BCUT2D eigenvalue weighted by atomic mass is 10.0. The molecule has 3 rings (SSSR count). The molecular weight excluding hydrogens is 352 g/mol. The maximum atomic E-state index is 12.7. The Bertz CT molecular complexity index is 717. The number of carbonyl (C=O) groups is 1. The van der Waals surface area contributed by atoms with Gasteiger partial charge in [-0.05, 0) is 62.8 Å². The Morgan fingerprint density at radius 2 is 2.04 bits per heavy atom. The fraction of sp³-hybridized carbons (Fsp3) is 0.526. The third kappa shape index (κ3) is 4.62. The Balaban J connectivity index is 1.69. The van der Waals surface area contributed by atoms with Gasteiger partial charge in [0.15, 0.2) is 0 Å². The van der Waals surface area contributed by atoms with Gasteiger partial charge in [-0.15, -0.1) is 0 Å². The van der Waals surface area contributed by atoms with Crippen LogP contribution in [0.2, 0.25) is 5.02 Å². The molecule has 1 saturated heterocycles. The SMILES string of the molecule is [NH3+]CCCCCC(=O)N1CCCC[C@H]1c1nc(-c2ccc(Cl)cc2)no1. The topological polar surface area (TPSA) is 86.9 Å². The van der Waals surface area contributed by atoms with E-state index in [1.54, 1.807) is 12.1 Å². The lowest BCUT2D eigenvalue weighted by molar-refractivity contribution is -0.368. The number of unbranched alkanes of at least 4 members (excludes halogenated alkanes) is 2. The molecule has 1 aromatic carbocycles. The van der Waals surface area contributed by atoms with Crippen LogP contribution in [0.25, 0.3) is 11.4 Å². The number of likely N-dealkylation sites (tertiary alicyclic amines) is 1. The Morgan fingerprint density at radius 3 is 2.81 bits per heavy atom.